The molecule has 4 aromatic rings. The number of nitro groups is 1. The molecule has 1 aromatic heterocycles. The number of nitrogens with zero attached hydrogens (tertiary/aromatic N) is 4. The van der Waals surface area contributed by atoms with Gasteiger partial charge in [-0.05, 0) is 36.8 Å². The van der Waals surface area contributed by atoms with Crippen LogP contribution in [0.25, 0.3) is 17.1 Å². The van der Waals surface area contributed by atoms with E-state index in [4.69, 9.17) is 4.74 Å². The van der Waals surface area contributed by atoms with Crippen LogP contribution in [0.5, 0.6) is 5.75 Å². The van der Waals surface area contributed by atoms with E-state index in [1.807, 2.05) is 47.9 Å². The number of thioether (sulfide) groups is 1. The maximum Gasteiger partial charge on any atom is 0.269 e. The molecular weight excluding hydrogens is 412 g/mol. The van der Waals surface area contributed by atoms with Gasteiger partial charge in [-0.1, -0.05) is 53.7 Å². The van der Waals surface area contributed by atoms with Crippen molar-refractivity contribution in [3.8, 4) is 22.8 Å². The number of hydrogen-bond donors (Lipinski definition) is 0. The first kappa shape index (κ1) is 20.6. The summed E-state index contributed by atoms with van der Waals surface area (Å²) in [6, 6.07) is 22.5. The fourth-order valence-electron chi connectivity index (χ4n) is 3.10. The number of non-ortho nitro benzene ring substituents is 1. The SMILES string of the molecule is COc1cccc(-c2nnc(SCc3ccc([N+](=O)[O-])cc3)n2-c2ccc(C)cc2)c1. The Morgan fingerprint density at radius 1 is 1.03 bits per heavy atom. The van der Waals surface area contributed by atoms with Crippen LogP contribution >= 0.6 is 11.8 Å². The van der Waals surface area contributed by atoms with E-state index in [9.17, 15) is 10.1 Å². The second kappa shape index (κ2) is 9.01. The van der Waals surface area contributed by atoms with Crippen LogP contribution in [0, 0.1) is 17.0 Å². The molecule has 0 amide bonds. The molecule has 0 atom stereocenters. The standard InChI is InChI=1S/C23H20N4O3S/c1-16-6-10-19(11-7-16)26-22(18-4-3-5-21(14-18)30-2)24-25-23(26)31-15-17-8-12-20(13-9-17)27(28)29/h3-14H,15H2,1-2H3. The van der Waals surface area contributed by atoms with E-state index in [2.05, 4.69) is 22.3 Å². The van der Waals surface area contributed by atoms with Crippen molar-refractivity contribution in [1.82, 2.24) is 14.8 Å². The number of hydrogen-bond acceptors (Lipinski definition) is 6. The number of methoxy groups -OCH3 is 1. The van der Waals surface area contributed by atoms with Crippen molar-refractivity contribution in [2.75, 3.05) is 7.11 Å². The van der Waals surface area contributed by atoms with Crippen LogP contribution in [-0.2, 0) is 5.75 Å². The predicted molar refractivity (Wildman–Crippen MR) is 121 cm³/mol. The first-order valence-corrected chi connectivity index (χ1v) is 10.6. The third-order valence-electron chi connectivity index (χ3n) is 4.77. The highest BCUT2D eigenvalue weighted by Gasteiger charge is 2.17. The van der Waals surface area contributed by atoms with E-state index >= 15 is 0 Å². The molecule has 4 rings (SSSR count). The Kier molecular flexibility index (Phi) is 5.99. The highest BCUT2D eigenvalue weighted by atomic mass is 32.2. The summed E-state index contributed by atoms with van der Waals surface area (Å²) < 4.78 is 7.38. The van der Waals surface area contributed by atoms with Crippen molar-refractivity contribution < 1.29 is 9.66 Å². The highest BCUT2D eigenvalue weighted by molar-refractivity contribution is 7.98. The molecule has 0 fully saturated rings. The first-order chi connectivity index (χ1) is 15.0. The molecule has 1 heterocycles. The van der Waals surface area contributed by atoms with Gasteiger partial charge in [-0.3, -0.25) is 14.7 Å². The molecule has 0 spiro atoms. The zero-order valence-electron chi connectivity index (χ0n) is 17.1. The summed E-state index contributed by atoms with van der Waals surface area (Å²) in [5, 5.41) is 20.5. The molecular formula is C23H20N4O3S. The van der Waals surface area contributed by atoms with E-state index in [0.717, 1.165) is 27.7 Å². The third kappa shape index (κ3) is 4.59. The lowest BCUT2D eigenvalue weighted by Gasteiger charge is -2.11. The molecule has 0 radical (unpaired) electrons. The van der Waals surface area contributed by atoms with Crippen LogP contribution in [0.2, 0.25) is 0 Å². The topological polar surface area (TPSA) is 83.1 Å². The van der Waals surface area contributed by atoms with E-state index in [0.29, 0.717) is 11.6 Å². The van der Waals surface area contributed by atoms with E-state index in [1.165, 1.54) is 29.5 Å². The van der Waals surface area contributed by atoms with Crippen LogP contribution in [0.15, 0.2) is 78.0 Å². The van der Waals surface area contributed by atoms with Crippen LogP contribution in [-0.4, -0.2) is 26.8 Å². The summed E-state index contributed by atoms with van der Waals surface area (Å²) in [5.74, 6) is 2.07. The molecule has 0 saturated carbocycles. The van der Waals surface area contributed by atoms with E-state index in [-0.39, 0.29) is 5.69 Å². The zero-order chi connectivity index (χ0) is 21.8. The summed E-state index contributed by atoms with van der Waals surface area (Å²) in [6.07, 6.45) is 0. The molecule has 0 bridgehead atoms. The largest absolute Gasteiger partial charge is 0.497 e. The van der Waals surface area contributed by atoms with Crippen molar-refractivity contribution in [1.29, 1.82) is 0 Å². The van der Waals surface area contributed by atoms with Crippen LogP contribution in [0.3, 0.4) is 0 Å². The molecule has 31 heavy (non-hydrogen) atoms. The highest BCUT2D eigenvalue weighted by Crippen LogP contribution is 2.31. The summed E-state index contributed by atoms with van der Waals surface area (Å²) in [6.45, 7) is 2.04. The Morgan fingerprint density at radius 3 is 2.45 bits per heavy atom. The maximum absolute atomic E-state index is 10.9. The summed E-state index contributed by atoms with van der Waals surface area (Å²) in [4.78, 5) is 10.5. The quantitative estimate of drug-likeness (QED) is 0.219. The second-order valence-electron chi connectivity index (χ2n) is 6.92. The average molecular weight is 433 g/mol. The smallest absolute Gasteiger partial charge is 0.269 e. The maximum atomic E-state index is 10.9. The van der Waals surface area contributed by atoms with Crippen molar-refractivity contribution in [3.05, 3.63) is 94.0 Å². The molecule has 7 nitrogen and oxygen atoms in total. The Bertz CT molecular complexity index is 1200. The Labute approximate surface area is 183 Å². The van der Waals surface area contributed by atoms with E-state index in [1.54, 1.807) is 19.2 Å². The van der Waals surface area contributed by atoms with Crippen molar-refractivity contribution in [3.63, 3.8) is 0 Å². The van der Waals surface area contributed by atoms with E-state index < -0.39 is 4.92 Å². The molecule has 3 aromatic carbocycles. The fourth-order valence-corrected chi connectivity index (χ4v) is 4.01. The number of nitro benzene ring substituents is 1. The molecule has 0 aliphatic carbocycles. The average Bonchev–Trinajstić information content (AvgIpc) is 3.22. The summed E-state index contributed by atoms with van der Waals surface area (Å²) in [5.41, 5.74) is 4.07. The molecule has 0 saturated heterocycles. The number of benzene rings is 3. The Morgan fingerprint density at radius 2 is 1.77 bits per heavy atom. The molecule has 0 N–H and O–H groups in total. The minimum atomic E-state index is -0.397. The lowest BCUT2D eigenvalue weighted by Crippen LogP contribution is -2.00. The molecule has 0 aliphatic heterocycles. The molecule has 0 aliphatic rings. The number of aromatic nitrogens is 3. The summed E-state index contributed by atoms with van der Waals surface area (Å²) in [7, 11) is 1.63. The van der Waals surface area contributed by atoms with Crippen molar-refractivity contribution >= 4 is 17.4 Å². The normalized spacial score (nSPS) is 10.8. The van der Waals surface area contributed by atoms with Gasteiger partial charge in [0.2, 0.25) is 0 Å². The van der Waals surface area contributed by atoms with Gasteiger partial charge in [-0.2, -0.15) is 0 Å². The zero-order valence-corrected chi connectivity index (χ0v) is 17.9. The minimum Gasteiger partial charge on any atom is -0.497 e. The minimum absolute atomic E-state index is 0.0804. The van der Waals surface area contributed by atoms with Gasteiger partial charge in [-0.15, -0.1) is 10.2 Å². The lowest BCUT2D eigenvalue weighted by atomic mass is 10.2. The second-order valence-corrected chi connectivity index (χ2v) is 7.86. The van der Waals surface area contributed by atoms with Gasteiger partial charge in [0.15, 0.2) is 11.0 Å². The number of ether oxygens (including phenoxy) is 1. The summed E-state index contributed by atoms with van der Waals surface area (Å²) >= 11 is 1.53. The Hall–Kier alpha value is -3.65. The lowest BCUT2D eigenvalue weighted by molar-refractivity contribution is -0.384. The number of aryl methyl sites for hydroxylation is 1. The van der Waals surface area contributed by atoms with Gasteiger partial charge in [0.25, 0.3) is 5.69 Å². The molecule has 0 unspecified atom stereocenters. The van der Waals surface area contributed by atoms with Crippen molar-refractivity contribution in [2.45, 2.75) is 17.8 Å². The van der Waals surface area contributed by atoms with Crippen LogP contribution in [0.4, 0.5) is 5.69 Å². The molecule has 8 heteroatoms. The van der Waals surface area contributed by atoms with Gasteiger partial charge in [0.05, 0.1) is 12.0 Å². The molecule has 156 valence electrons. The number of rotatable bonds is 7. The third-order valence-corrected chi connectivity index (χ3v) is 5.77. The van der Waals surface area contributed by atoms with Gasteiger partial charge in [0.1, 0.15) is 5.75 Å². The first-order valence-electron chi connectivity index (χ1n) is 9.58. The van der Waals surface area contributed by atoms with Gasteiger partial charge in [0, 0.05) is 29.1 Å². The van der Waals surface area contributed by atoms with Gasteiger partial charge in [-0.25, -0.2) is 0 Å². The predicted octanol–water partition coefficient (Wildman–Crippen LogP) is 5.45. The fraction of sp³-hybridized carbons (Fsp3) is 0.130. The van der Waals surface area contributed by atoms with Crippen molar-refractivity contribution in [2.24, 2.45) is 0 Å². The Balaban J connectivity index is 1.69. The van der Waals surface area contributed by atoms with Crippen LogP contribution < -0.4 is 4.74 Å². The van der Waals surface area contributed by atoms with Crippen LogP contribution in [0.1, 0.15) is 11.1 Å². The van der Waals surface area contributed by atoms with Gasteiger partial charge >= 0.3 is 0 Å². The van der Waals surface area contributed by atoms with Gasteiger partial charge < -0.3 is 4.74 Å². The monoisotopic (exact) mass is 432 g/mol.